The first-order valence-corrected chi connectivity index (χ1v) is 7.10. The van der Waals surface area contributed by atoms with Crippen molar-refractivity contribution in [3.8, 4) is 0 Å². The molecule has 0 aliphatic heterocycles. The zero-order chi connectivity index (χ0) is 16.5. The Kier molecular flexibility index (Phi) is 5.94. The number of rotatable bonds is 7. The molecule has 2 aromatic carbocycles. The third kappa shape index (κ3) is 5.32. The summed E-state index contributed by atoms with van der Waals surface area (Å²) in [6.07, 6.45) is 3.61. The topological polar surface area (TPSA) is 75.6 Å². The third-order valence-corrected chi connectivity index (χ3v) is 3.00. The maximum atomic E-state index is 12.1. The van der Waals surface area contributed by atoms with E-state index in [1.54, 1.807) is 30.3 Å². The summed E-state index contributed by atoms with van der Waals surface area (Å²) in [5.41, 5.74) is 1.76. The van der Waals surface area contributed by atoms with Gasteiger partial charge in [-0.25, -0.2) is 4.79 Å². The minimum Gasteiger partial charge on any atom is -0.480 e. The molecule has 0 saturated carbocycles. The van der Waals surface area contributed by atoms with Gasteiger partial charge in [0, 0.05) is 5.69 Å². The number of benzene rings is 2. The van der Waals surface area contributed by atoms with Crippen molar-refractivity contribution in [3.63, 3.8) is 0 Å². The maximum absolute atomic E-state index is 12.1. The van der Waals surface area contributed by atoms with Crippen LogP contribution in [0.3, 0.4) is 0 Å². The van der Waals surface area contributed by atoms with Gasteiger partial charge in [0.1, 0.15) is 13.2 Å². The number of para-hydroxylation sites is 1. The Morgan fingerprint density at radius 1 is 1.04 bits per heavy atom. The lowest BCUT2D eigenvalue weighted by Crippen LogP contribution is -2.15. The van der Waals surface area contributed by atoms with Crippen LogP contribution >= 0.6 is 0 Å². The van der Waals surface area contributed by atoms with Crippen LogP contribution in [0.25, 0.3) is 6.08 Å². The number of hydrogen-bond donors (Lipinski definition) is 2. The van der Waals surface area contributed by atoms with Crippen LogP contribution in [-0.4, -0.2) is 30.2 Å². The summed E-state index contributed by atoms with van der Waals surface area (Å²) in [6.45, 7) is -0.126. The molecule has 118 valence electrons. The van der Waals surface area contributed by atoms with Crippen molar-refractivity contribution in [2.45, 2.75) is 0 Å². The highest BCUT2D eigenvalue weighted by molar-refractivity contribution is 5.96. The van der Waals surface area contributed by atoms with E-state index in [9.17, 15) is 9.59 Å². The van der Waals surface area contributed by atoms with E-state index >= 15 is 0 Å². The van der Waals surface area contributed by atoms with E-state index in [4.69, 9.17) is 9.84 Å². The summed E-state index contributed by atoms with van der Waals surface area (Å²) in [5.74, 6) is -1.50. The first kappa shape index (κ1) is 16.3. The standard InChI is InChI=1S/C18H17NO4/c20-17(21)13-19-16-11-5-4-10-15(16)18(22)23-12-6-9-14-7-2-1-3-8-14/h1-11,19H,12-13H2,(H,20,21)/b9-6+. The first-order chi connectivity index (χ1) is 11.2. The molecule has 5 heteroatoms. The van der Waals surface area contributed by atoms with E-state index in [0.717, 1.165) is 5.56 Å². The van der Waals surface area contributed by atoms with Gasteiger partial charge in [-0.1, -0.05) is 48.5 Å². The lowest BCUT2D eigenvalue weighted by Gasteiger charge is -2.09. The summed E-state index contributed by atoms with van der Waals surface area (Å²) in [7, 11) is 0. The van der Waals surface area contributed by atoms with E-state index in [-0.39, 0.29) is 13.2 Å². The molecule has 0 aliphatic rings. The Hall–Kier alpha value is -3.08. The molecule has 0 heterocycles. The van der Waals surface area contributed by atoms with Crippen LogP contribution in [0.5, 0.6) is 0 Å². The summed E-state index contributed by atoms with van der Waals surface area (Å²) < 4.78 is 5.18. The molecular weight excluding hydrogens is 294 g/mol. The van der Waals surface area contributed by atoms with Gasteiger partial charge in [0.2, 0.25) is 0 Å². The Balaban J connectivity index is 1.93. The average Bonchev–Trinajstić information content (AvgIpc) is 2.58. The van der Waals surface area contributed by atoms with E-state index in [1.165, 1.54) is 0 Å². The van der Waals surface area contributed by atoms with Crippen molar-refractivity contribution in [2.24, 2.45) is 0 Å². The predicted octanol–water partition coefficient (Wildman–Crippen LogP) is 3.05. The van der Waals surface area contributed by atoms with Crippen molar-refractivity contribution in [1.82, 2.24) is 0 Å². The maximum Gasteiger partial charge on any atom is 0.340 e. The van der Waals surface area contributed by atoms with Crippen LogP contribution < -0.4 is 5.32 Å². The van der Waals surface area contributed by atoms with Crippen molar-refractivity contribution < 1.29 is 19.4 Å². The minimum atomic E-state index is -1.00. The van der Waals surface area contributed by atoms with Gasteiger partial charge < -0.3 is 15.2 Å². The Morgan fingerprint density at radius 3 is 2.48 bits per heavy atom. The van der Waals surface area contributed by atoms with Crippen LogP contribution in [-0.2, 0) is 9.53 Å². The number of carboxylic acids is 1. The molecular formula is C18H17NO4. The van der Waals surface area contributed by atoms with Crippen LogP contribution in [0.4, 0.5) is 5.69 Å². The molecule has 0 spiro atoms. The number of anilines is 1. The van der Waals surface area contributed by atoms with Crippen LogP contribution in [0, 0.1) is 0 Å². The minimum absolute atomic E-state index is 0.140. The molecule has 2 aromatic rings. The molecule has 0 unspecified atom stereocenters. The second-order valence-corrected chi connectivity index (χ2v) is 4.70. The molecule has 0 fully saturated rings. The summed E-state index contributed by atoms with van der Waals surface area (Å²) >= 11 is 0. The smallest absolute Gasteiger partial charge is 0.340 e. The summed E-state index contributed by atoms with van der Waals surface area (Å²) in [4.78, 5) is 22.7. The summed E-state index contributed by atoms with van der Waals surface area (Å²) in [6, 6.07) is 16.3. The molecule has 0 amide bonds. The number of carbonyl (C=O) groups excluding carboxylic acids is 1. The van der Waals surface area contributed by atoms with Gasteiger partial charge >= 0.3 is 11.9 Å². The van der Waals surface area contributed by atoms with Crippen LogP contribution in [0.2, 0.25) is 0 Å². The average molecular weight is 311 g/mol. The quantitative estimate of drug-likeness (QED) is 0.769. The van der Waals surface area contributed by atoms with E-state index in [0.29, 0.717) is 11.3 Å². The molecule has 0 atom stereocenters. The van der Waals surface area contributed by atoms with Gasteiger partial charge in [0.15, 0.2) is 0 Å². The number of aliphatic carboxylic acids is 1. The van der Waals surface area contributed by atoms with Crippen LogP contribution in [0.1, 0.15) is 15.9 Å². The monoisotopic (exact) mass is 311 g/mol. The molecule has 0 bridgehead atoms. The predicted molar refractivity (Wildman–Crippen MR) is 88.3 cm³/mol. The third-order valence-electron chi connectivity index (χ3n) is 3.00. The van der Waals surface area contributed by atoms with Crippen molar-refractivity contribution in [3.05, 3.63) is 71.8 Å². The molecule has 0 radical (unpaired) electrons. The fourth-order valence-electron chi connectivity index (χ4n) is 1.94. The number of hydrogen-bond acceptors (Lipinski definition) is 4. The fourth-order valence-corrected chi connectivity index (χ4v) is 1.94. The zero-order valence-electron chi connectivity index (χ0n) is 12.4. The summed E-state index contributed by atoms with van der Waals surface area (Å²) in [5, 5.41) is 11.4. The van der Waals surface area contributed by atoms with E-state index in [2.05, 4.69) is 5.32 Å². The zero-order valence-corrected chi connectivity index (χ0v) is 12.4. The van der Waals surface area contributed by atoms with Gasteiger partial charge in [-0.05, 0) is 23.8 Å². The number of carbonyl (C=O) groups is 2. The molecule has 23 heavy (non-hydrogen) atoms. The SMILES string of the molecule is O=C(O)CNc1ccccc1C(=O)OC/C=C/c1ccccc1. The molecule has 2 N–H and O–H groups in total. The number of carboxylic acid groups (broad SMARTS) is 1. The highest BCUT2D eigenvalue weighted by atomic mass is 16.5. The molecule has 2 rings (SSSR count). The second-order valence-electron chi connectivity index (χ2n) is 4.70. The highest BCUT2D eigenvalue weighted by Crippen LogP contribution is 2.16. The molecule has 0 aliphatic carbocycles. The van der Waals surface area contributed by atoms with Gasteiger partial charge in [-0.15, -0.1) is 0 Å². The Labute approximate surface area is 134 Å². The van der Waals surface area contributed by atoms with Crippen molar-refractivity contribution in [2.75, 3.05) is 18.5 Å². The number of nitrogens with one attached hydrogen (secondary N) is 1. The Morgan fingerprint density at radius 2 is 1.74 bits per heavy atom. The lowest BCUT2D eigenvalue weighted by molar-refractivity contribution is -0.134. The van der Waals surface area contributed by atoms with Gasteiger partial charge in [0.05, 0.1) is 5.56 Å². The van der Waals surface area contributed by atoms with E-state index < -0.39 is 11.9 Å². The highest BCUT2D eigenvalue weighted by Gasteiger charge is 2.12. The number of esters is 1. The van der Waals surface area contributed by atoms with E-state index in [1.807, 2.05) is 36.4 Å². The number of ether oxygens (including phenoxy) is 1. The molecule has 0 saturated heterocycles. The normalized spacial score (nSPS) is 10.4. The Bertz CT molecular complexity index is 695. The fraction of sp³-hybridized carbons (Fsp3) is 0.111. The van der Waals surface area contributed by atoms with Crippen molar-refractivity contribution in [1.29, 1.82) is 0 Å². The van der Waals surface area contributed by atoms with Crippen LogP contribution in [0.15, 0.2) is 60.7 Å². The molecule has 0 aromatic heterocycles. The first-order valence-electron chi connectivity index (χ1n) is 7.10. The lowest BCUT2D eigenvalue weighted by atomic mass is 10.2. The van der Waals surface area contributed by atoms with Crippen molar-refractivity contribution >= 4 is 23.7 Å². The van der Waals surface area contributed by atoms with Gasteiger partial charge in [-0.2, -0.15) is 0 Å². The largest absolute Gasteiger partial charge is 0.480 e. The second kappa shape index (κ2) is 8.38. The molecule has 5 nitrogen and oxygen atoms in total. The van der Waals surface area contributed by atoms with Gasteiger partial charge in [-0.3, -0.25) is 4.79 Å². The van der Waals surface area contributed by atoms with Gasteiger partial charge in [0.25, 0.3) is 0 Å².